The summed E-state index contributed by atoms with van der Waals surface area (Å²) in [4.78, 5) is 0. The Kier molecular flexibility index (Phi) is 6.76. The molecule has 2 unspecified atom stereocenters. The number of aliphatic hydroxyl groups excluding tert-OH is 1. The minimum absolute atomic E-state index is 0.0809. The zero-order valence-electron chi connectivity index (χ0n) is 11.6. The maximum Gasteiger partial charge on any atom is 0.0441 e. The molecule has 18 heavy (non-hydrogen) atoms. The van der Waals surface area contributed by atoms with E-state index in [4.69, 9.17) is 10.8 Å². The van der Waals surface area contributed by atoms with Gasteiger partial charge in [0.25, 0.3) is 0 Å². The minimum atomic E-state index is 0.0809. The van der Waals surface area contributed by atoms with E-state index in [1.54, 1.807) is 0 Å². The molecule has 1 aromatic rings. The normalized spacial score (nSPS) is 14.8. The summed E-state index contributed by atoms with van der Waals surface area (Å²) >= 11 is 1.83. The third-order valence-corrected chi connectivity index (χ3v) is 4.48. The van der Waals surface area contributed by atoms with Crippen LogP contribution in [0.25, 0.3) is 0 Å². The molecule has 0 aliphatic rings. The third-order valence-electron chi connectivity index (χ3n) is 3.13. The molecular formula is C15H25NOS. The van der Waals surface area contributed by atoms with Crippen molar-refractivity contribution in [3.05, 3.63) is 35.4 Å². The van der Waals surface area contributed by atoms with Crippen LogP contribution in [-0.2, 0) is 0 Å². The van der Waals surface area contributed by atoms with Gasteiger partial charge in [0.05, 0.1) is 0 Å². The molecule has 2 nitrogen and oxygen atoms in total. The number of thioether (sulfide) groups is 1. The molecule has 3 heteroatoms. The van der Waals surface area contributed by atoms with Crippen LogP contribution in [0.15, 0.2) is 24.3 Å². The molecule has 0 saturated heterocycles. The Labute approximate surface area is 115 Å². The zero-order chi connectivity index (χ0) is 13.5. The second-order valence-electron chi connectivity index (χ2n) is 5.08. The summed E-state index contributed by atoms with van der Waals surface area (Å²) in [6.07, 6.45) is 0.837. The van der Waals surface area contributed by atoms with Gasteiger partial charge in [0.2, 0.25) is 0 Å². The lowest BCUT2D eigenvalue weighted by Crippen LogP contribution is -2.15. The standard InChI is InChI=1S/C15H25NOS/c1-11(2)13-4-6-14(7-5-13)15(16)10-18-12(3)8-9-17/h4-7,11-12,15,17H,8-10,16H2,1-3H3. The summed E-state index contributed by atoms with van der Waals surface area (Å²) in [7, 11) is 0. The molecule has 3 N–H and O–H groups in total. The van der Waals surface area contributed by atoms with Crippen molar-refractivity contribution in [2.45, 2.75) is 44.4 Å². The molecular weight excluding hydrogens is 242 g/mol. The van der Waals surface area contributed by atoms with Crippen molar-refractivity contribution in [1.82, 2.24) is 0 Å². The van der Waals surface area contributed by atoms with Crippen molar-refractivity contribution in [3.63, 3.8) is 0 Å². The molecule has 1 aromatic carbocycles. The van der Waals surface area contributed by atoms with E-state index in [9.17, 15) is 0 Å². The molecule has 0 radical (unpaired) electrons. The van der Waals surface area contributed by atoms with Crippen molar-refractivity contribution in [1.29, 1.82) is 0 Å². The molecule has 2 atom stereocenters. The topological polar surface area (TPSA) is 46.2 Å². The van der Waals surface area contributed by atoms with E-state index in [1.165, 1.54) is 11.1 Å². The molecule has 0 saturated carbocycles. The Bertz CT molecular complexity index is 337. The molecule has 0 bridgehead atoms. The van der Waals surface area contributed by atoms with Crippen molar-refractivity contribution in [2.24, 2.45) is 5.73 Å². The summed E-state index contributed by atoms with van der Waals surface area (Å²) < 4.78 is 0. The van der Waals surface area contributed by atoms with Gasteiger partial charge >= 0.3 is 0 Å². The van der Waals surface area contributed by atoms with Gasteiger partial charge in [-0.05, 0) is 23.5 Å². The third kappa shape index (κ3) is 5.01. The van der Waals surface area contributed by atoms with Gasteiger partial charge in [-0.2, -0.15) is 11.8 Å². The van der Waals surface area contributed by atoms with Crippen LogP contribution in [0.2, 0.25) is 0 Å². The smallest absolute Gasteiger partial charge is 0.0441 e. The molecule has 0 amide bonds. The fraction of sp³-hybridized carbons (Fsp3) is 0.600. The van der Waals surface area contributed by atoms with Gasteiger partial charge in [-0.1, -0.05) is 45.0 Å². The van der Waals surface area contributed by atoms with Crippen LogP contribution >= 0.6 is 11.8 Å². The molecule has 0 aromatic heterocycles. The van der Waals surface area contributed by atoms with Crippen LogP contribution < -0.4 is 5.73 Å². The SMILES string of the molecule is CC(CCO)SCC(N)c1ccc(C(C)C)cc1. The monoisotopic (exact) mass is 267 g/mol. The van der Waals surface area contributed by atoms with Crippen LogP contribution in [0, 0.1) is 0 Å². The molecule has 0 fully saturated rings. The van der Waals surface area contributed by atoms with Gasteiger partial charge in [0.15, 0.2) is 0 Å². The van der Waals surface area contributed by atoms with Crippen molar-refractivity contribution >= 4 is 11.8 Å². The zero-order valence-corrected chi connectivity index (χ0v) is 12.4. The van der Waals surface area contributed by atoms with Crippen LogP contribution in [0.5, 0.6) is 0 Å². The summed E-state index contributed by atoms with van der Waals surface area (Å²) in [6, 6.07) is 8.69. The van der Waals surface area contributed by atoms with Crippen LogP contribution in [-0.4, -0.2) is 22.7 Å². The van der Waals surface area contributed by atoms with Gasteiger partial charge in [-0.25, -0.2) is 0 Å². The lowest BCUT2D eigenvalue weighted by molar-refractivity contribution is 0.289. The summed E-state index contributed by atoms with van der Waals surface area (Å²) in [5.74, 6) is 1.47. The predicted octanol–water partition coefficient (Wildman–Crippen LogP) is 3.31. The first-order chi connectivity index (χ1) is 8.54. The van der Waals surface area contributed by atoms with Crippen LogP contribution in [0.1, 0.15) is 50.3 Å². The fourth-order valence-corrected chi connectivity index (χ4v) is 2.76. The van der Waals surface area contributed by atoms with Gasteiger partial charge in [0.1, 0.15) is 0 Å². The van der Waals surface area contributed by atoms with Crippen molar-refractivity contribution < 1.29 is 5.11 Å². The highest BCUT2D eigenvalue weighted by molar-refractivity contribution is 7.99. The Morgan fingerprint density at radius 1 is 1.11 bits per heavy atom. The number of hydrogen-bond acceptors (Lipinski definition) is 3. The molecule has 102 valence electrons. The first-order valence-electron chi connectivity index (χ1n) is 6.62. The van der Waals surface area contributed by atoms with E-state index in [0.29, 0.717) is 11.2 Å². The van der Waals surface area contributed by atoms with Crippen molar-refractivity contribution in [2.75, 3.05) is 12.4 Å². The van der Waals surface area contributed by atoms with E-state index < -0.39 is 0 Å². The molecule has 0 aliphatic carbocycles. The molecule has 0 aliphatic heterocycles. The van der Waals surface area contributed by atoms with Gasteiger partial charge in [0, 0.05) is 23.7 Å². The summed E-state index contributed by atoms with van der Waals surface area (Å²) in [6.45, 7) is 6.78. The highest BCUT2D eigenvalue weighted by Gasteiger charge is 2.09. The Hall–Kier alpha value is -0.510. The lowest BCUT2D eigenvalue weighted by atomic mass is 10.00. The van der Waals surface area contributed by atoms with Gasteiger partial charge in [-0.15, -0.1) is 0 Å². The molecule has 0 heterocycles. The largest absolute Gasteiger partial charge is 0.396 e. The van der Waals surface area contributed by atoms with Crippen LogP contribution in [0.4, 0.5) is 0 Å². The number of nitrogens with two attached hydrogens (primary N) is 1. The highest BCUT2D eigenvalue weighted by atomic mass is 32.2. The molecule has 1 rings (SSSR count). The first kappa shape index (κ1) is 15.5. The predicted molar refractivity (Wildman–Crippen MR) is 81.1 cm³/mol. The second kappa shape index (κ2) is 7.82. The van der Waals surface area contributed by atoms with Crippen LogP contribution in [0.3, 0.4) is 0 Å². The number of hydrogen-bond donors (Lipinski definition) is 2. The Morgan fingerprint density at radius 2 is 1.67 bits per heavy atom. The first-order valence-corrected chi connectivity index (χ1v) is 7.67. The summed E-state index contributed by atoms with van der Waals surface area (Å²) in [5, 5.41) is 9.33. The highest BCUT2D eigenvalue weighted by Crippen LogP contribution is 2.22. The van der Waals surface area contributed by atoms with E-state index >= 15 is 0 Å². The number of aliphatic hydroxyl groups is 1. The van der Waals surface area contributed by atoms with E-state index in [1.807, 2.05) is 11.8 Å². The maximum atomic E-state index is 8.86. The summed E-state index contributed by atoms with van der Waals surface area (Å²) in [5.41, 5.74) is 8.73. The Balaban J connectivity index is 2.48. The number of rotatable bonds is 7. The van der Waals surface area contributed by atoms with Gasteiger partial charge in [-0.3, -0.25) is 0 Å². The van der Waals surface area contributed by atoms with E-state index in [2.05, 4.69) is 45.0 Å². The molecule has 0 spiro atoms. The van der Waals surface area contributed by atoms with Gasteiger partial charge < -0.3 is 10.8 Å². The quantitative estimate of drug-likeness (QED) is 0.796. The van der Waals surface area contributed by atoms with E-state index in [-0.39, 0.29) is 12.6 Å². The maximum absolute atomic E-state index is 8.86. The van der Waals surface area contributed by atoms with Crippen molar-refractivity contribution in [3.8, 4) is 0 Å². The average Bonchev–Trinajstić information content (AvgIpc) is 2.36. The average molecular weight is 267 g/mol. The fourth-order valence-electron chi connectivity index (χ4n) is 1.76. The minimum Gasteiger partial charge on any atom is -0.396 e. The second-order valence-corrected chi connectivity index (χ2v) is 6.56. The lowest BCUT2D eigenvalue weighted by Gasteiger charge is -2.16. The number of benzene rings is 1. The Morgan fingerprint density at radius 3 is 2.17 bits per heavy atom. The van der Waals surface area contributed by atoms with E-state index in [0.717, 1.165) is 12.2 Å².